The Balaban J connectivity index is 1.55. The van der Waals surface area contributed by atoms with Crippen molar-refractivity contribution < 1.29 is 47.9 Å². The van der Waals surface area contributed by atoms with Gasteiger partial charge in [-0.15, -0.1) is 0 Å². The van der Waals surface area contributed by atoms with Crippen LogP contribution in [0.4, 0.5) is 0 Å². The number of carbonyl (C=O) groups is 3. The summed E-state index contributed by atoms with van der Waals surface area (Å²) in [6.45, 7) is 9.36. The van der Waals surface area contributed by atoms with E-state index < -0.39 is 64.9 Å². The summed E-state index contributed by atoms with van der Waals surface area (Å²) >= 11 is 0. The smallest absolute Gasteiger partial charge is 0.331 e. The van der Waals surface area contributed by atoms with Crippen molar-refractivity contribution in [1.82, 2.24) is 0 Å². The predicted octanol–water partition coefficient (Wildman–Crippen LogP) is 2.88. The lowest BCUT2D eigenvalue weighted by atomic mass is 9.51. The van der Waals surface area contributed by atoms with E-state index in [0.29, 0.717) is 25.9 Å². The number of rotatable bonds is 2. The Hall–Kier alpha value is -2.79. The minimum absolute atomic E-state index is 0.0522. The number of esters is 3. The molecule has 2 aliphatic carbocycles. The van der Waals surface area contributed by atoms with Gasteiger partial charge in [0.15, 0.2) is 0 Å². The van der Waals surface area contributed by atoms with E-state index in [1.165, 1.54) is 19.1 Å². The number of carbonyl (C=O) groups excluding carboxylic acids is 3. The fourth-order valence-electron chi connectivity index (χ4n) is 7.17. The molecule has 10 nitrogen and oxygen atoms in total. The molecule has 0 radical (unpaired) electrons. The van der Waals surface area contributed by atoms with Gasteiger partial charge in [-0.05, 0) is 32.8 Å². The summed E-state index contributed by atoms with van der Waals surface area (Å²) in [4.78, 5) is 38.2. The fraction of sp³-hybridized carbons (Fsp3) is 0.645. The largest absolute Gasteiger partial charge is 0.462 e. The predicted molar refractivity (Wildman–Crippen MR) is 145 cm³/mol. The number of cyclic esters (lactones) is 1. The summed E-state index contributed by atoms with van der Waals surface area (Å²) in [6, 6.07) is 0. The zero-order valence-corrected chi connectivity index (χ0v) is 24.3. The summed E-state index contributed by atoms with van der Waals surface area (Å²) in [5.74, 6) is -1.48. The third-order valence-corrected chi connectivity index (χ3v) is 9.62. The summed E-state index contributed by atoms with van der Waals surface area (Å²) in [5.41, 5.74) is -0.846. The van der Waals surface area contributed by atoms with E-state index in [4.69, 9.17) is 28.4 Å². The molecule has 0 aromatic carbocycles. The molecule has 5 rings (SSSR count). The highest BCUT2D eigenvalue weighted by Gasteiger charge is 2.83. The molecular formula is C31H40O10. The van der Waals surface area contributed by atoms with Gasteiger partial charge in [-0.25, -0.2) is 9.59 Å². The number of epoxide rings is 1. The van der Waals surface area contributed by atoms with Crippen molar-refractivity contribution in [3.63, 3.8) is 0 Å². The number of hydrogen-bond acceptors (Lipinski definition) is 10. The summed E-state index contributed by atoms with van der Waals surface area (Å²) in [6.07, 6.45) is 7.43. The van der Waals surface area contributed by atoms with Gasteiger partial charge in [-0.3, -0.25) is 4.79 Å². The van der Waals surface area contributed by atoms with Crippen molar-refractivity contribution in [2.75, 3.05) is 19.8 Å². The Morgan fingerprint density at radius 2 is 1.90 bits per heavy atom. The van der Waals surface area contributed by atoms with Crippen LogP contribution in [-0.2, 0) is 42.8 Å². The third-order valence-electron chi connectivity index (χ3n) is 9.62. The van der Waals surface area contributed by atoms with E-state index in [2.05, 4.69) is 0 Å². The average molecular weight is 573 g/mol. The molecular weight excluding hydrogens is 532 g/mol. The van der Waals surface area contributed by atoms with Crippen LogP contribution in [0.1, 0.15) is 53.9 Å². The Kier molecular flexibility index (Phi) is 8.06. The van der Waals surface area contributed by atoms with Crippen LogP contribution in [0.5, 0.6) is 0 Å². The molecule has 1 N–H and O–H groups in total. The Bertz CT molecular complexity index is 1190. The number of ether oxygens (including phenoxy) is 6. The highest BCUT2D eigenvalue weighted by molar-refractivity contribution is 5.83. The lowest BCUT2D eigenvalue weighted by Crippen LogP contribution is -2.68. The van der Waals surface area contributed by atoms with Crippen molar-refractivity contribution in [2.24, 2.45) is 10.8 Å². The third kappa shape index (κ3) is 5.20. The fourth-order valence-corrected chi connectivity index (χ4v) is 7.17. The van der Waals surface area contributed by atoms with E-state index >= 15 is 0 Å². The van der Waals surface area contributed by atoms with Gasteiger partial charge in [0.1, 0.15) is 30.5 Å². The van der Waals surface area contributed by atoms with Crippen LogP contribution in [0.15, 0.2) is 47.6 Å². The molecule has 5 aliphatic rings. The highest BCUT2D eigenvalue weighted by Crippen LogP contribution is 2.72. The van der Waals surface area contributed by atoms with Crippen molar-refractivity contribution in [3.05, 3.63) is 47.6 Å². The summed E-state index contributed by atoms with van der Waals surface area (Å²) in [7, 11) is 0. The molecule has 2 bridgehead atoms. The Morgan fingerprint density at radius 3 is 2.59 bits per heavy atom. The normalized spacial score (nSPS) is 41.7. The van der Waals surface area contributed by atoms with Crippen LogP contribution >= 0.6 is 0 Å². The molecule has 0 aromatic rings. The quantitative estimate of drug-likeness (QED) is 0.228. The molecule has 0 aromatic heterocycles. The monoisotopic (exact) mass is 572 g/mol. The maximum atomic E-state index is 13.1. The van der Waals surface area contributed by atoms with Crippen molar-refractivity contribution >= 4 is 17.9 Å². The molecule has 3 aliphatic heterocycles. The molecule has 224 valence electrons. The zero-order valence-electron chi connectivity index (χ0n) is 24.3. The molecule has 10 heteroatoms. The van der Waals surface area contributed by atoms with E-state index in [-0.39, 0.29) is 19.3 Å². The van der Waals surface area contributed by atoms with E-state index in [1.807, 2.05) is 26.8 Å². The van der Waals surface area contributed by atoms with E-state index in [1.54, 1.807) is 25.2 Å². The van der Waals surface area contributed by atoms with Crippen molar-refractivity contribution in [2.45, 2.75) is 96.1 Å². The SMILES string of the molecule is CC(=O)OC1CC23COC(=O)C=C(C)CCOC(C(C)O)C=CC=CC(=O)OC4CC(OC2C=C1C)C1(CO1)C43C. The average Bonchev–Trinajstić information content (AvgIpc) is 3.67. The molecule has 41 heavy (non-hydrogen) atoms. The second-order valence-electron chi connectivity index (χ2n) is 12.1. The molecule has 2 saturated heterocycles. The molecule has 3 fully saturated rings. The van der Waals surface area contributed by atoms with Crippen molar-refractivity contribution in [1.29, 1.82) is 0 Å². The maximum Gasteiger partial charge on any atom is 0.331 e. The first-order valence-electron chi connectivity index (χ1n) is 14.3. The van der Waals surface area contributed by atoms with Gasteiger partial charge in [0.25, 0.3) is 0 Å². The Morgan fingerprint density at radius 1 is 1.15 bits per heavy atom. The lowest BCUT2D eigenvalue weighted by molar-refractivity contribution is -0.239. The second-order valence-corrected chi connectivity index (χ2v) is 12.1. The van der Waals surface area contributed by atoms with Crippen LogP contribution in [0.25, 0.3) is 0 Å². The molecule has 0 amide bonds. The lowest BCUT2D eigenvalue weighted by Gasteiger charge is -2.59. The maximum absolute atomic E-state index is 13.1. The van der Waals surface area contributed by atoms with Gasteiger partial charge in [0.05, 0.1) is 42.4 Å². The number of aliphatic hydroxyl groups excluding tert-OH is 1. The van der Waals surface area contributed by atoms with Crippen LogP contribution < -0.4 is 0 Å². The minimum atomic E-state index is -0.916. The first kappa shape index (κ1) is 29.7. The van der Waals surface area contributed by atoms with Gasteiger partial charge in [0.2, 0.25) is 0 Å². The van der Waals surface area contributed by atoms with Crippen LogP contribution in [0.3, 0.4) is 0 Å². The van der Waals surface area contributed by atoms with E-state index in [0.717, 1.165) is 11.1 Å². The van der Waals surface area contributed by atoms with Gasteiger partial charge < -0.3 is 33.5 Å². The van der Waals surface area contributed by atoms with E-state index in [9.17, 15) is 19.5 Å². The zero-order chi connectivity index (χ0) is 29.6. The first-order valence-corrected chi connectivity index (χ1v) is 14.3. The first-order chi connectivity index (χ1) is 19.4. The standard InChI is InChI=1S/C31H40O10/c1-18-10-11-36-22(20(3)32)8-6-7-9-27(34)41-24-14-26-31(17-38-31)29(24,5)30(16-37-28(35)12-18)15-23(39-21(4)33)19(2)13-25(30)40-26/h6-9,12-13,20,22-26,32H,10-11,14-17H2,1-5H3. The number of aliphatic hydroxyl groups is 1. The van der Waals surface area contributed by atoms with Gasteiger partial charge in [0, 0.05) is 31.9 Å². The Labute approximate surface area is 240 Å². The summed E-state index contributed by atoms with van der Waals surface area (Å²) < 4.78 is 36.3. The van der Waals surface area contributed by atoms with Crippen molar-refractivity contribution in [3.8, 4) is 0 Å². The second kappa shape index (κ2) is 11.1. The highest BCUT2D eigenvalue weighted by atomic mass is 16.6. The van der Waals surface area contributed by atoms with Crippen LogP contribution in [0.2, 0.25) is 0 Å². The molecule has 2 spiro atoms. The summed E-state index contributed by atoms with van der Waals surface area (Å²) in [5, 5.41) is 10.1. The molecule has 3 heterocycles. The van der Waals surface area contributed by atoms with Crippen LogP contribution in [0, 0.1) is 10.8 Å². The number of allylic oxidation sites excluding steroid dienone is 2. The van der Waals surface area contributed by atoms with Crippen LogP contribution in [-0.4, -0.2) is 85.1 Å². The molecule has 9 atom stereocenters. The number of hydrogen-bond donors (Lipinski definition) is 1. The topological polar surface area (TPSA) is 130 Å². The van der Waals surface area contributed by atoms with Gasteiger partial charge in [-0.1, -0.05) is 36.8 Å². The minimum Gasteiger partial charge on any atom is -0.462 e. The van der Waals surface area contributed by atoms with Gasteiger partial charge in [-0.2, -0.15) is 0 Å². The van der Waals surface area contributed by atoms with Gasteiger partial charge >= 0.3 is 17.9 Å². The molecule has 1 saturated carbocycles. The molecule has 9 unspecified atom stereocenters.